The lowest BCUT2D eigenvalue weighted by Crippen LogP contribution is -2.53. The van der Waals surface area contributed by atoms with Crippen LogP contribution >= 0.6 is 11.3 Å². The van der Waals surface area contributed by atoms with Crippen LogP contribution in [0.5, 0.6) is 0 Å². The summed E-state index contributed by atoms with van der Waals surface area (Å²) in [5.41, 5.74) is 0.151. The van der Waals surface area contributed by atoms with Gasteiger partial charge in [-0.3, -0.25) is 4.90 Å². The lowest BCUT2D eigenvalue weighted by atomic mass is 9.54. The zero-order chi connectivity index (χ0) is 18.2. The third-order valence-electron chi connectivity index (χ3n) is 5.45. The van der Waals surface area contributed by atoms with E-state index in [0.29, 0.717) is 12.6 Å². The first kappa shape index (κ1) is 17.4. The highest BCUT2D eigenvalue weighted by Gasteiger charge is 2.57. The average molecular weight is 349 g/mol. The van der Waals surface area contributed by atoms with E-state index < -0.39 is 17.3 Å². The summed E-state index contributed by atoms with van der Waals surface area (Å²) < 4.78 is 0. The van der Waals surface area contributed by atoms with Crippen molar-refractivity contribution in [3.8, 4) is 18.2 Å². The molecule has 1 N–H and O–H groups in total. The van der Waals surface area contributed by atoms with E-state index >= 15 is 0 Å². The smallest absolute Gasteiger partial charge is 0.189 e. The van der Waals surface area contributed by atoms with Crippen molar-refractivity contribution in [3.63, 3.8) is 0 Å². The Kier molecular flexibility index (Phi) is 4.48. The standard InChI is InChI=1S/C19H19N5S/c1-12(2)24-5-3-14-15(7-20)18(23)19(10-21,11-22)17(16(14)8-24)13-4-6-25-9-13/h3-4,6,9,12,15-17,23H,5,8H2,1-2H3/t15?,16-,17-/m0/s1. The summed E-state index contributed by atoms with van der Waals surface area (Å²) in [4.78, 5) is 2.29. The summed E-state index contributed by atoms with van der Waals surface area (Å²) in [6, 6.07) is 8.68. The van der Waals surface area contributed by atoms with Crippen LogP contribution < -0.4 is 0 Å². The summed E-state index contributed by atoms with van der Waals surface area (Å²) in [5.74, 6) is -1.31. The third-order valence-corrected chi connectivity index (χ3v) is 6.15. The number of hydrogen-bond acceptors (Lipinski definition) is 6. The van der Waals surface area contributed by atoms with Crippen molar-refractivity contribution >= 4 is 17.0 Å². The molecule has 3 atom stereocenters. The first-order valence-corrected chi connectivity index (χ1v) is 9.21. The minimum Gasteiger partial charge on any atom is -0.305 e. The number of nitrogens with zero attached hydrogens (tertiary/aromatic N) is 4. The van der Waals surface area contributed by atoms with Crippen LogP contribution in [-0.2, 0) is 0 Å². The summed E-state index contributed by atoms with van der Waals surface area (Å²) in [6.45, 7) is 5.66. The zero-order valence-corrected chi connectivity index (χ0v) is 15.0. The van der Waals surface area contributed by atoms with E-state index in [2.05, 4.69) is 37.0 Å². The van der Waals surface area contributed by atoms with Crippen LogP contribution in [0.1, 0.15) is 25.3 Å². The van der Waals surface area contributed by atoms with Gasteiger partial charge in [0.15, 0.2) is 5.41 Å². The second kappa shape index (κ2) is 6.45. The van der Waals surface area contributed by atoms with Crippen LogP contribution in [0.2, 0.25) is 0 Å². The maximum Gasteiger partial charge on any atom is 0.189 e. The summed E-state index contributed by atoms with van der Waals surface area (Å²) in [6.07, 6.45) is 2.04. The van der Waals surface area contributed by atoms with Gasteiger partial charge in [-0.2, -0.15) is 27.1 Å². The molecular weight excluding hydrogens is 330 g/mol. The predicted molar refractivity (Wildman–Crippen MR) is 95.8 cm³/mol. The Morgan fingerprint density at radius 2 is 2.04 bits per heavy atom. The van der Waals surface area contributed by atoms with Crippen LogP contribution in [0.3, 0.4) is 0 Å². The topological polar surface area (TPSA) is 98.5 Å². The fraction of sp³-hybridized carbons (Fsp3) is 0.474. The van der Waals surface area contributed by atoms with Gasteiger partial charge in [0.25, 0.3) is 0 Å². The predicted octanol–water partition coefficient (Wildman–Crippen LogP) is 3.31. The Morgan fingerprint density at radius 3 is 2.56 bits per heavy atom. The van der Waals surface area contributed by atoms with E-state index in [0.717, 1.165) is 17.7 Å². The molecule has 6 heteroatoms. The van der Waals surface area contributed by atoms with Gasteiger partial charge in [-0.25, -0.2) is 0 Å². The third kappa shape index (κ3) is 2.48. The van der Waals surface area contributed by atoms with Crippen molar-refractivity contribution in [2.45, 2.75) is 25.8 Å². The highest BCUT2D eigenvalue weighted by molar-refractivity contribution is 7.08. The van der Waals surface area contributed by atoms with Crippen LogP contribution in [-0.4, -0.2) is 29.7 Å². The molecule has 1 aliphatic carbocycles. The van der Waals surface area contributed by atoms with Gasteiger partial charge in [0.2, 0.25) is 0 Å². The molecule has 1 aliphatic heterocycles. The van der Waals surface area contributed by atoms with Crippen LogP contribution in [0.25, 0.3) is 0 Å². The summed E-state index contributed by atoms with van der Waals surface area (Å²) >= 11 is 1.52. The monoisotopic (exact) mass is 349 g/mol. The second-order valence-corrected chi connectivity index (χ2v) is 7.68. The molecule has 1 saturated carbocycles. The fourth-order valence-electron chi connectivity index (χ4n) is 4.08. The Bertz CT molecular complexity index is 817. The minimum atomic E-state index is -1.59. The summed E-state index contributed by atoms with van der Waals surface area (Å²) in [7, 11) is 0. The van der Waals surface area contributed by atoms with E-state index in [4.69, 9.17) is 5.41 Å². The van der Waals surface area contributed by atoms with Crippen molar-refractivity contribution in [1.82, 2.24) is 4.90 Å². The van der Waals surface area contributed by atoms with Gasteiger partial charge in [-0.15, -0.1) is 0 Å². The van der Waals surface area contributed by atoms with Gasteiger partial charge in [0, 0.05) is 31.0 Å². The molecule has 0 radical (unpaired) electrons. The van der Waals surface area contributed by atoms with E-state index in [1.807, 2.05) is 22.9 Å². The quantitative estimate of drug-likeness (QED) is 0.828. The molecule has 1 aromatic heterocycles. The van der Waals surface area contributed by atoms with Gasteiger partial charge in [0.1, 0.15) is 5.92 Å². The molecule has 0 spiro atoms. The number of nitrogens with one attached hydrogen (secondary N) is 1. The molecule has 1 aromatic rings. The minimum absolute atomic E-state index is 0.0725. The molecule has 25 heavy (non-hydrogen) atoms. The highest BCUT2D eigenvalue weighted by Crippen LogP contribution is 2.53. The van der Waals surface area contributed by atoms with E-state index in [1.54, 1.807) is 0 Å². The lowest BCUT2D eigenvalue weighted by molar-refractivity contribution is 0.171. The number of fused-ring (bicyclic) bond motifs is 1. The fourth-order valence-corrected chi connectivity index (χ4v) is 4.78. The maximum absolute atomic E-state index is 9.91. The van der Waals surface area contributed by atoms with Gasteiger partial charge < -0.3 is 5.41 Å². The van der Waals surface area contributed by atoms with Gasteiger partial charge >= 0.3 is 0 Å². The molecular formula is C19H19N5S. The molecule has 1 fully saturated rings. The molecule has 0 amide bonds. The normalized spacial score (nSPS) is 28.4. The molecule has 0 saturated heterocycles. The van der Waals surface area contributed by atoms with E-state index in [1.165, 1.54) is 11.3 Å². The van der Waals surface area contributed by atoms with Crippen molar-refractivity contribution in [3.05, 3.63) is 34.0 Å². The van der Waals surface area contributed by atoms with E-state index in [9.17, 15) is 15.8 Å². The summed E-state index contributed by atoms with van der Waals surface area (Å²) in [5, 5.41) is 41.9. The molecule has 126 valence electrons. The van der Waals surface area contributed by atoms with E-state index in [-0.39, 0.29) is 11.6 Å². The molecule has 1 unspecified atom stereocenters. The molecule has 0 bridgehead atoms. The highest BCUT2D eigenvalue weighted by atomic mass is 32.1. The Morgan fingerprint density at radius 1 is 1.32 bits per heavy atom. The number of nitriles is 3. The van der Waals surface area contributed by atoms with Crippen molar-refractivity contribution in [2.75, 3.05) is 13.1 Å². The Balaban J connectivity index is 2.21. The average Bonchev–Trinajstić information content (AvgIpc) is 3.14. The number of thiophene rings is 1. The molecule has 2 aliphatic rings. The SMILES string of the molecule is CC(C)N1CC=C2C(C#N)C(=N)C(C#N)(C#N)[C@@H](c3ccsc3)[C@H]2C1. The van der Waals surface area contributed by atoms with Gasteiger partial charge in [-0.05, 0) is 41.8 Å². The lowest BCUT2D eigenvalue weighted by Gasteiger charge is -2.48. The molecule has 5 nitrogen and oxygen atoms in total. The first-order valence-electron chi connectivity index (χ1n) is 8.27. The van der Waals surface area contributed by atoms with Crippen LogP contribution in [0.15, 0.2) is 28.5 Å². The van der Waals surface area contributed by atoms with Gasteiger partial charge in [0.05, 0.1) is 23.9 Å². The second-order valence-electron chi connectivity index (χ2n) is 6.90. The maximum atomic E-state index is 9.91. The van der Waals surface area contributed by atoms with Crippen molar-refractivity contribution in [2.24, 2.45) is 17.3 Å². The Hall–Kier alpha value is -2.46. The Labute approximate surface area is 151 Å². The van der Waals surface area contributed by atoms with Crippen LogP contribution in [0.4, 0.5) is 0 Å². The molecule has 2 heterocycles. The number of hydrogen-bond donors (Lipinski definition) is 1. The van der Waals surface area contributed by atoms with Gasteiger partial charge in [-0.1, -0.05) is 6.08 Å². The largest absolute Gasteiger partial charge is 0.305 e. The first-order chi connectivity index (χ1) is 12.0. The molecule has 3 rings (SSSR count). The zero-order valence-electron chi connectivity index (χ0n) is 14.2. The van der Waals surface area contributed by atoms with Crippen molar-refractivity contribution in [1.29, 1.82) is 21.2 Å². The van der Waals surface area contributed by atoms with Crippen LogP contribution in [0, 0.1) is 56.7 Å². The van der Waals surface area contributed by atoms with Crippen molar-refractivity contribution < 1.29 is 0 Å². The molecule has 0 aromatic carbocycles. The number of rotatable bonds is 2.